The molecule has 98 valence electrons. The number of ether oxygens (including phenoxy) is 2. The highest BCUT2D eigenvalue weighted by molar-refractivity contribution is 5.81. The van der Waals surface area contributed by atoms with Gasteiger partial charge in [-0.05, 0) is 18.8 Å². The van der Waals surface area contributed by atoms with E-state index in [-0.39, 0.29) is 11.9 Å². The van der Waals surface area contributed by atoms with Gasteiger partial charge < -0.3 is 19.7 Å². The Morgan fingerprint density at radius 2 is 2.35 bits per heavy atom. The van der Waals surface area contributed by atoms with Crippen molar-refractivity contribution in [3.05, 3.63) is 0 Å². The number of amides is 1. The minimum absolute atomic E-state index is 0.0970. The van der Waals surface area contributed by atoms with Crippen molar-refractivity contribution in [2.75, 3.05) is 46.6 Å². The Kier molecular flexibility index (Phi) is 4.76. The topological polar surface area (TPSA) is 50.8 Å². The predicted molar refractivity (Wildman–Crippen MR) is 63.8 cm³/mol. The van der Waals surface area contributed by atoms with Crippen LogP contribution in [-0.2, 0) is 14.3 Å². The average Bonchev–Trinajstić information content (AvgIpc) is 3.18. The summed E-state index contributed by atoms with van der Waals surface area (Å²) in [5, 5.41) is 3.16. The Hall–Kier alpha value is -0.650. The standard InChI is InChI=1S/C12H22N2O3/c1-14(5-7-17-8-10-2-3-10)12(15)11-9-16-6-4-13-11/h10-11,13H,2-9H2,1H3. The smallest absolute Gasteiger partial charge is 0.241 e. The normalized spacial score (nSPS) is 24.6. The quantitative estimate of drug-likeness (QED) is 0.659. The molecule has 1 unspecified atom stereocenters. The Morgan fingerprint density at radius 3 is 3.00 bits per heavy atom. The maximum atomic E-state index is 12.0. The first-order valence-electron chi connectivity index (χ1n) is 6.41. The third-order valence-corrected chi connectivity index (χ3v) is 3.22. The van der Waals surface area contributed by atoms with E-state index >= 15 is 0 Å². The molecule has 0 radical (unpaired) electrons. The highest BCUT2D eigenvalue weighted by Gasteiger charge is 2.24. The van der Waals surface area contributed by atoms with Crippen LogP contribution < -0.4 is 5.32 Å². The lowest BCUT2D eigenvalue weighted by molar-refractivity contribution is -0.135. The van der Waals surface area contributed by atoms with E-state index in [0.29, 0.717) is 26.4 Å². The fourth-order valence-electron chi connectivity index (χ4n) is 1.84. The second-order valence-electron chi connectivity index (χ2n) is 4.86. The lowest BCUT2D eigenvalue weighted by Crippen LogP contribution is -2.52. The molecule has 5 heteroatoms. The molecule has 5 nitrogen and oxygen atoms in total. The second-order valence-corrected chi connectivity index (χ2v) is 4.86. The molecule has 1 saturated carbocycles. The maximum Gasteiger partial charge on any atom is 0.241 e. The minimum Gasteiger partial charge on any atom is -0.379 e. The molecule has 1 N–H and O–H groups in total. The molecule has 0 spiro atoms. The van der Waals surface area contributed by atoms with Gasteiger partial charge in [-0.2, -0.15) is 0 Å². The number of nitrogens with one attached hydrogen (secondary N) is 1. The Balaban J connectivity index is 1.59. The van der Waals surface area contributed by atoms with Gasteiger partial charge >= 0.3 is 0 Å². The fourth-order valence-corrected chi connectivity index (χ4v) is 1.84. The minimum atomic E-state index is -0.183. The van der Waals surface area contributed by atoms with Crippen LogP contribution in [0.15, 0.2) is 0 Å². The molecule has 2 rings (SSSR count). The number of carbonyl (C=O) groups is 1. The summed E-state index contributed by atoms with van der Waals surface area (Å²) in [6.07, 6.45) is 2.61. The average molecular weight is 242 g/mol. The second kappa shape index (κ2) is 6.33. The molecular weight excluding hydrogens is 220 g/mol. The van der Waals surface area contributed by atoms with Crippen LogP contribution in [0.3, 0.4) is 0 Å². The van der Waals surface area contributed by atoms with E-state index in [1.807, 2.05) is 7.05 Å². The van der Waals surface area contributed by atoms with Crippen molar-refractivity contribution in [1.29, 1.82) is 0 Å². The molecule has 0 aromatic heterocycles. The van der Waals surface area contributed by atoms with E-state index in [9.17, 15) is 4.79 Å². The van der Waals surface area contributed by atoms with Crippen LogP contribution in [0.1, 0.15) is 12.8 Å². The molecule has 2 aliphatic rings. The van der Waals surface area contributed by atoms with Gasteiger partial charge in [0.05, 0.1) is 19.8 Å². The molecule has 1 aliphatic heterocycles. The van der Waals surface area contributed by atoms with Crippen molar-refractivity contribution >= 4 is 5.91 Å². The van der Waals surface area contributed by atoms with Crippen molar-refractivity contribution in [1.82, 2.24) is 10.2 Å². The first-order valence-corrected chi connectivity index (χ1v) is 6.41. The summed E-state index contributed by atoms with van der Waals surface area (Å²) in [7, 11) is 1.82. The van der Waals surface area contributed by atoms with E-state index in [1.165, 1.54) is 12.8 Å². The van der Waals surface area contributed by atoms with Gasteiger partial charge in [-0.15, -0.1) is 0 Å². The number of nitrogens with zero attached hydrogens (tertiary/aromatic N) is 1. The van der Waals surface area contributed by atoms with Crippen molar-refractivity contribution in [3.8, 4) is 0 Å². The summed E-state index contributed by atoms with van der Waals surface area (Å²) in [5.41, 5.74) is 0. The number of morpholine rings is 1. The molecule has 0 bridgehead atoms. The van der Waals surface area contributed by atoms with Gasteiger partial charge in [-0.25, -0.2) is 0 Å². The lowest BCUT2D eigenvalue weighted by atomic mass is 10.2. The van der Waals surface area contributed by atoms with E-state index in [4.69, 9.17) is 9.47 Å². The first kappa shape index (κ1) is 12.8. The zero-order valence-electron chi connectivity index (χ0n) is 10.5. The van der Waals surface area contributed by atoms with Crippen LogP contribution >= 0.6 is 0 Å². The van der Waals surface area contributed by atoms with Gasteiger partial charge in [-0.3, -0.25) is 4.79 Å². The zero-order chi connectivity index (χ0) is 12.1. The van der Waals surface area contributed by atoms with Crippen molar-refractivity contribution in [2.24, 2.45) is 5.92 Å². The van der Waals surface area contributed by atoms with Gasteiger partial charge in [0.25, 0.3) is 0 Å². The maximum absolute atomic E-state index is 12.0. The van der Waals surface area contributed by atoms with E-state index in [2.05, 4.69) is 5.32 Å². The molecule has 1 amide bonds. The lowest BCUT2D eigenvalue weighted by Gasteiger charge is -2.27. The molecule has 0 aromatic rings. The summed E-state index contributed by atoms with van der Waals surface area (Å²) >= 11 is 0. The van der Waals surface area contributed by atoms with Gasteiger partial charge in [-0.1, -0.05) is 0 Å². The monoisotopic (exact) mass is 242 g/mol. The summed E-state index contributed by atoms with van der Waals surface area (Å²) in [4.78, 5) is 13.7. The molecule has 0 aromatic carbocycles. The van der Waals surface area contributed by atoms with Crippen LogP contribution in [0, 0.1) is 5.92 Å². The molecular formula is C12H22N2O3. The highest BCUT2D eigenvalue weighted by atomic mass is 16.5. The summed E-state index contributed by atoms with van der Waals surface area (Å²) in [6.45, 7) is 4.06. The summed E-state index contributed by atoms with van der Waals surface area (Å²) in [6, 6.07) is -0.183. The molecule has 1 aliphatic carbocycles. The predicted octanol–water partition coefficient (Wildman–Crippen LogP) is -0.140. The van der Waals surface area contributed by atoms with Crippen LogP contribution in [0.25, 0.3) is 0 Å². The van der Waals surface area contributed by atoms with Crippen molar-refractivity contribution in [2.45, 2.75) is 18.9 Å². The van der Waals surface area contributed by atoms with Gasteiger partial charge in [0.15, 0.2) is 0 Å². The van der Waals surface area contributed by atoms with E-state index in [1.54, 1.807) is 4.90 Å². The van der Waals surface area contributed by atoms with E-state index < -0.39 is 0 Å². The fraction of sp³-hybridized carbons (Fsp3) is 0.917. The first-order chi connectivity index (χ1) is 8.27. The number of rotatable bonds is 6. The number of likely N-dealkylation sites (N-methyl/N-ethyl adjacent to an activating group) is 1. The van der Waals surface area contributed by atoms with Crippen LogP contribution in [0.2, 0.25) is 0 Å². The van der Waals surface area contributed by atoms with Gasteiger partial charge in [0, 0.05) is 26.7 Å². The third kappa shape index (κ3) is 4.26. The third-order valence-electron chi connectivity index (χ3n) is 3.22. The Bertz CT molecular complexity index is 250. The van der Waals surface area contributed by atoms with Crippen LogP contribution in [0.4, 0.5) is 0 Å². The number of carbonyl (C=O) groups excluding carboxylic acids is 1. The molecule has 17 heavy (non-hydrogen) atoms. The summed E-state index contributed by atoms with van der Waals surface area (Å²) < 4.78 is 10.8. The van der Waals surface area contributed by atoms with Crippen molar-refractivity contribution in [3.63, 3.8) is 0 Å². The molecule has 1 atom stereocenters. The zero-order valence-corrected chi connectivity index (χ0v) is 10.5. The number of hydrogen-bond donors (Lipinski definition) is 1. The van der Waals surface area contributed by atoms with Gasteiger partial charge in [0.2, 0.25) is 5.91 Å². The number of hydrogen-bond acceptors (Lipinski definition) is 4. The van der Waals surface area contributed by atoms with E-state index in [0.717, 1.165) is 19.1 Å². The largest absolute Gasteiger partial charge is 0.379 e. The SMILES string of the molecule is CN(CCOCC1CC1)C(=O)C1COCCN1. The Morgan fingerprint density at radius 1 is 1.53 bits per heavy atom. The molecule has 2 fully saturated rings. The highest BCUT2D eigenvalue weighted by Crippen LogP contribution is 2.28. The van der Waals surface area contributed by atoms with Crippen LogP contribution in [-0.4, -0.2) is 63.4 Å². The summed E-state index contributed by atoms with van der Waals surface area (Å²) in [5.74, 6) is 0.879. The molecule has 1 heterocycles. The van der Waals surface area contributed by atoms with Gasteiger partial charge in [0.1, 0.15) is 6.04 Å². The van der Waals surface area contributed by atoms with Crippen LogP contribution in [0.5, 0.6) is 0 Å². The molecule has 1 saturated heterocycles. The van der Waals surface area contributed by atoms with Crippen molar-refractivity contribution < 1.29 is 14.3 Å². The Labute approximate surface area is 102 Å².